The third-order valence-electron chi connectivity index (χ3n) is 5.38. The highest BCUT2D eigenvalue weighted by atomic mass is 79.9. The van der Waals surface area contributed by atoms with Gasteiger partial charge >= 0.3 is 5.97 Å². The van der Waals surface area contributed by atoms with Gasteiger partial charge in [0, 0.05) is 15.6 Å². The molecule has 28 heavy (non-hydrogen) atoms. The fourth-order valence-electron chi connectivity index (χ4n) is 3.85. The van der Waals surface area contributed by atoms with Crippen LogP contribution in [0.5, 0.6) is 0 Å². The molecule has 1 aromatic heterocycles. The zero-order valence-electron chi connectivity index (χ0n) is 16.2. The van der Waals surface area contributed by atoms with Crippen LogP contribution >= 0.6 is 27.3 Å². The van der Waals surface area contributed by atoms with Crippen LogP contribution in [0.3, 0.4) is 0 Å². The highest BCUT2D eigenvalue weighted by molar-refractivity contribution is 9.09. The number of carbonyl (C=O) groups is 1. The van der Waals surface area contributed by atoms with Gasteiger partial charge in [0.25, 0.3) is 0 Å². The molecule has 0 amide bonds. The minimum absolute atomic E-state index is 0.00806. The molecule has 4 N–H and O–H groups in total. The first kappa shape index (κ1) is 23.5. The largest absolute Gasteiger partial charge is 0.477 e. The lowest BCUT2D eigenvalue weighted by Gasteiger charge is -2.21. The molecule has 1 heterocycles. The monoisotopic (exact) mass is 474 g/mol. The molecule has 1 aliphatic carbocycles. The number of carboxylic acids is 1. The second-order valence-corrected chi connectivity index (χ2v) is 10.1. The number of carboxylic acid groups (broad SMARTS) is 1. The van der Waals surface area contributed by atoms with Crippen molar-refractivity contribution < 1.29 is 25.2 Å². The molecule has 0 aliphatic heterocycles. The Balaban J connectivity index is 1.84. The molecule has 0 saturated heterocycles. The van der Waals surface area contributed by atoms with Crippen molar-refractivity contribution in [2.45, 2.75) is 75.0 Å². The lowest BCUT2D eigenvalue weighted by Crippen LogP contribution is -2.19. The molecule has 0 bridgehead atoms. The Morgan fingerprint density at radius 1 is 1.32 bits per heavy atom. The Bertz CT molecular complexity index is 644. The highest BCUT2D eigenvalue weighted by Gasteiger charge is 2.39. The number of hydrogen-bond acceptors (Lipinski definition) is 5. The molecule has 0 radical (unpaired) electrons. The third-order valence-corrected chi connectivity index (χ3v) is 7.57. The van der Waals surface area contributed by atoms with E-state index in [1.54, 1.807) is 19.1 Å². The first-order valence-electron chi connectivity index (χ1n) is 9.96. The van der Waals surface area contributed by atoms with E-state index in [0.717, 1.165) is 30.6 Å². The van der Waals surface area contributed by atoms with Crippen molar-refractivity contribution in [3.05, 3.63) is 34.0 Å². The van der Waals surface area contributed by atoms with Crippen LogP contribution in [0.25, 0.3) is 0 Å². The predicted molar refractivity (Wildman–Crippen MR) is 115 cm³/mol. The standard InChI is InChI=1S/C21H31BrO5S/c1-13(23)4-2-5-14(24)8-10-17-16(18(22)12-19(17)25)7-3-6-15-9-11-20(28-15)21(26)27/h8-11,13-14,16-19,23-25H,2-7,12H2,1H3,(H,26,27)/t13-,14+,16-,17-,18-,19-/m1/s1. The molecule has 7 heteroatoms. The fraction of sp³-hybridized carbons (Fsp3) is 0.667. The van der Waals surface area contributed by atoms with Crippen LogP contribution < -0.4 is 0 Å². The maximum atomic E-state index is 11.0. The van der Waals surface area contributed by atoms with Gasteiger partial charge in [0.05, 0.1) is 18.3 Å². The molecule has 1 aromatic rings. The van der Waals surface area contributed by atoms with E-state index in [0.29, 0.717) is 24.1 Å². The summed E-state index contributed by atoms with van der Waals surface area (Å²) in [5.41, 5.74) is 0. The number of alkyl halides is 1. The molecule has 2 rings (SSSR count). The van der Waals surface area contributed by atoms with E-state index in [-0.39, 0.29) is 22.8 Å². The van der Waals surface area contributed by atoms with Crippen molar-refractivity contribution in [3.63, 3.8) is 0 Å². The molecular formula is C21H31BrO5S. The van der Waals surface area contributed by atoms with Gasteiger partial charge in [-0.1, -0.05) is 28.1 Å². The van der Waals surface area contributed by atoms with Crippen LogP contribution in [0, 0.1) is 11.8 Å². The summed E-state index contributed by atoms with van der Waals surface area (Å²) in [5.74, 6) is -0.587. The van der Waals surface area contributed by atoms with Gasteiger partial charge in [0.15, 0.2) is 0 Å². The molecule has 6 atom stereocenters. The second-order valence-electron chi connectivity index (χ2n) is 7.76. The summed E-state index contributed by atoms with van der Waals surface area (Å²) in [6, 6.07) is 3.53. The van der Waals surface area contributed by atoms with E-state index in [9.17, 15) is 20.1 Å². The second kappa shape index (κ2) is 11.5. The fourth-order valence-corrected chi connectivity index (χ4v) is 5.74. The molecule has 1 saturated carbocycles. The summed E-state index contributed by atoms with van der Waals surface area (Å²) >= 11 is 5.02. The van der Waals surface area contributed by atoms with Crippen LogP contribution in [-0.4, -0.2) is 49.5 Å². The Kier molecular flexibility index (Phi) is 9.63. The number of aliphatic hydroxyl groups is 3. The van der Waals surface area contributed by atoms with Gasteiger partial charge in [-0.2, -0.15) is 0 Å². The molecule has 1 aliphatic rings. The van der Waals surface area contributed by atoms with E-state index < -0.39 is 18.2 Å². The van der Waals surface area contributed by atoms with Crippen molar-refractivity contribution in [1.29, 1.82) is 0 Å². The quantitative estimate of drug-likeness (QED) is 0.287. The molecule has 0 unspecified atom stereocenters. The number of aryl methyl sites for hydroxylation is 1. The maximum Gasteiger partial charge on any atom is 0.345 e. The van der Waals surface area contributed by atoms with E-state index in [1.165, 1.54) is 11.3 Å². The summed E-state index contributed by atoms with van der Waals surface area (Å²) < 4.78 is 0. The number of thiophene rings is 1. The van der Waals surface area contributed by atoms with Crippen LogP contribution in [0.2, 0.25) is 0 Å². The van der Waals surface area contributed by atoms with Crippen LogP contribution in [0.15, 0.2) is 24.3 Å². The Hall–Kier alpha value is -0.730. The summed E-state index contributed by atoms with van der Waals surface area (Å²) in [5, 5.41) is 38.8. The minimum Gasteiger partial charge on any atom is -0.477 e. The lowest BCUT2D eigenvalue weighted by molar-refractivity contribution is 0.0702. The summed E-state index contributed by atoms with van der Waals surface area (Å²) in [4.78, 5) is 12.7. The lowest BCUT2D eigenvalue weighted by atomic mass is 9.89. The van der Waals surface area contributed by atoms with Gasteiger partial charge in [-0.3, -0.25) is 0 Å². The topological polar surface area (TPSA) is 98.0 Å². The average molecular weight is 475 g/mol. The number of hydrogen-bond donors (Lipinski definition) is 4. The highest BCUT2D eigenvalue weighted by Crippen LogP contribution is 2.41. The van der Waals surface area contributed by atoms with Gasteiger partial charge in [-0.25, -0.2) is 4.79 Å². The number of rotatable bonds is 11. The smallest absolute Gasteiger partial charge is 0.345 e. The number of halogens is 1. The maximum absolute atomic E-state index is 11.0. The van der Waals surface area contributed by atoms with E-state index in [1.807, 2.05) is 12.1 Å². The Morgan fingerprint density at radius 2 is 2.07 bits per heavy atom. The molecule has 158 valence electrons. The van der Waals surface area contributed by atoms with Crippen molar-refractivity contribution in [1.82, 2.24) is 0 Å². The van der Waals surface area contributed by atoms with Gasteiger partial charge in [-0.05, 0) is 69.9 Å². The SMILES string of the molecule is C[C@@H](O)CCC[C@H](O)C=C[C@@H]1[C@@H](CCCc2ccc(C(=O)O)s2)[C@H](Br)C[C@H]1O. The molecule has 0 aromatic carbocycles. The zero-order valence-corrected chi connectivity index (χ0v) is 18.6. The predicted octanol–water partition coefficient (Wildman–Crippen LogP) is 4.00. The first-order valence-corrected chi connectivity index (χ1v) is 11.7. The van der Waals surface area contributed by atoms with E-state index >= 15 is 0 Å². The van der Waals surface area contributed by atoms with Crippen LogP contribution in [0.1, 0.15) is 60.0 Å². The Morgan fingerprint density at radius 3 is 2.71 bits per heavy atom. The number of aromatic carboxylic acids is 1. The normalized spacial score (nSPS) is 27.3. The third kappa shape index (κ3) is 7.26. The van der Waals surface area contributed by atoms with Gasteiger partial charge in [-0.15, -0.1) is 11.3 Å². The summed E-state index contributed by atoms with van der Waals surface area (Å²) in [6.07, 6.45) is 7.86. The molecular weight excluding hydrogens is 444 g/mol. The summed E-state index contributed by atoms with van der Waals surface area (Å²) in [7, 11) is 0. The zero-order chi connectivity index (χ0) is 20.7. The van der Waals surface area contributed by atoms with Crippen LogP contribution in [-0.2, 0) is 6.42 Å². The van der Waals surface area contributed by atoms with Gasteiger partial charge in [0.1, 0.15) is 4.88 Å². The number of aliphatic hydroxyl groups excluding tert-OH is 3. The minimum atomic E-state index is -0.882. The van der Waals surface area contributed by atoms with E-state index in [2.05, 4.69) is 15.9 Å². The van der Waals surface area contributed by atoms with Crippen LogP contribution in [0.4, 0.5) is 0 Å². The Labute approximate surface area is 179 Å². The molecule has 0 spiro atoms. The molecule has 5 nitrogen and oxygen atoms in total. The van der Waals surface area contributed by atoms with Crippen molar-refractivity contribution >= 4 is 33.2 Å². The van der Waals surface area contributed by atoms with Crippen molar-refractivity contribution in [2.24, 2.45) is 11.8 Å². The van der Waals surface area contributed by atoms with E-state index in [4.69, 9.17) is 5.11 Å². The van der Waals surface area contributed by atoms with Crippen molar-refractivity contribution in [3.8, 4) is 0 Å². The summed E-state index contributed by atoms with van der Waals surface area (Å²) in [6.45, 7) is 1.75. The van der Waals surface area contributed by atoms with Gasteiger partial charge < -0.3 is 20.4 Å². The first-order chi connectivity index (χ1) is 13.3. The van der Waals surface area contributed by atoms with Crippen molar-refractivity contribution in [2.75, 3.05) is 0 Å². The average Bonchev–Trinajstić information content (AvgIpc) is 3.18. The van der Waals surface area contributed by atoms with Gasteiger partial charge in [0.2, 0.25) is 0 Å². The molecule has 1 fully saturated rings.